The van der Waals surface area contributed by atoms with E-state index in [-0.39, 0.29) is 30.8 Å². The molecule has 2 aromatic carbocycles. The van der Waals surface area contributed by atoms with E-state index in [9.17, 15) is 9.59 Å². The molecule has 2 heterocycles. The Kier molecular flexibility index (Phi) is 10.7. The van der Waals surface area contributed by atoms with Gasteiger partial charge in [-0.05, 0) is 69.3 Å². The first-order valence-corrected chi connectivity index (χ1v) is 18.1. The largest absolute Gasteiger partial charge is 0.447 e. The summed E-state index contributed by atoms with van der Waals surface area (Å²) in [5, 5.41) is 0. The van der Waals surface area contributed by atoms with Gasteiger partial charge in [0.05, 0.1) is 42.5 Å². The van der Waals surface area contributed by atoms with Crippen LogP contribution in [-0.4, -0.2) is 62.3 Å². The van der Waals surface area contributed by atoms with Crippen molar-refractivity contribution in [1.82, 2.24) is 4.90 Å². The van der Waals surface area contributed by atoms with E-state index in [2.05, 4.69) is 39.8 Å². The smallest absolute Gasteiger partial charge is 0.417 e. The highest BCUT2D eigenvalue weighted by molar-refractivity contribution is 6.73. The molecule has 230 valence electrons. The highest BCUT2D eigenvalue weighted by Crippen LogP contribution is 2.44. The van der Waals surface area contributed by atoms with Crippen molar-refractivity contribution in [2.45, 2.75) is 109 Å². The number of rotatable bonds is 14. The van der Waals surface area contributed by atoms with Gasteiger partial charge < -0.3 is 18.6 Å². The molecule has 4 rings (SSSR count). The SMILES string of the molecule is CC[Si](CC)(CC)O[C@H](COCc1ccccc1)[C@]1(C)CC[C@H](C(C)(C)C(=O)N2C(=O)OC[C@H]2Cc2ccccc2)O1. The van der Waals surface area contributed by atoms with Crippen LogP contribution in [0.1, 0.15) is 65.5 Å². The molecule has 2 aliphatic rings. The highest BCUT2D eigenvalue weighted by atomic mass is 28.4. The van der Waals surface area contributed by atoms with Crippen molar-refractivity contribution in [3.8, 4) is 0 Å². The first kappa shape index (κ1) is 32.4. The number of hydrogen-bond donors (Lipinski definition) is 0. The van der Waals surface area contributed by atoms with Gasteiger partial charge in [-0.2, -0.15) is 0 Å². The summed E-state index contributed by atoms with van der Waals surface area (Å²) in [4.78, 5) is 28.2. The van der Waals surface area contributed by atoms with Crippen LogP contribution in [0.4, 0.5) is 4.79 Å². The molecular weight excluding hydrogens is 546 g/mol. The molecule has 2 aliphatic heterocycles. The molecule has 0 N–H and O–H groups in total. The number of amides is 2. The normalized spacial score (nSPS) is 23.7. The number of cyclic esters (lactones) is 1. The molecule has 0 radical (unpaired) electrons. The average molecular weight is 596 g/mol. The third kappa shape index (κ3) is 7.16. The van der Waals surface area contributed by atoms with Crippen LogP contribution in [0.5, 0.6) is 0 Å². The molecule has 0 unspecified atom stereocenters. The topological polar surface area (TPSA) is 74.3 Å². The summed E-state index contributed by atoms with van der Waals surface area (Å²) in [5.74, 6) is -0.252. The van der Waals surface area contributed by atoms with Crippen LogP contribution in [0.3, 0.4) is 0 Å². The summed E-state index contributed by atoms with van der Waals surface area (Å²) in [6.45, 7) is 13.7. The van der Waals surface area contributed by atoms with Gasteiger partial charge in [-0.15, -0.1) is 0 Å². The molecule has 2 fully saturated rings. The van der Waals surface area contributed by atoms with Gasteiger partial charge in [0, 0.05) is 0 Å². The zero-order valence-corrected chi connectivity index (χ0v) is 27.3. The van der Waals surface area contributed by atoms with Crippen LogP contribution >= 0.6 is 0 Å². The molecule has 2 amide bonds. The number of nitrogens with zero attached hydrogens (tertiary/aromatic N) is 1. The molecule has 0 aromatic heterocycles. The zero-order valence-electron chi connectivity index (χ0n) is 26.3. The molecule has 0 spiro atoms. The molecule has 0 saturated carbocycles. The second-order valence-corrected chi connectivity index (χ2v) is 17.3. The fourth-order valence-corrected chi connectivity index (χ4v) is 9.22. The lowest BCUT2D eigenvalue weighted by molar-refractivity contribution is -0.163. The predicted octanol–water partition coefficient (Wildman–Crippen LogP) is 7.15. The molecule has 2 aromatic rings. The molecule has 0 aliphatic carbocycles. The Morgan fingerprint density at radius 3 is 2.21 bits per heavy atom. The first-order valence-electron chi connectivity index (χ1n) is 15.6. The maximum atomic E-state index is 14.0. The van der Waals surface area contributed by atoms with E-state index in [0.717, 1.165) is 35.7 Å². The Labute approximate surface area is 253 Å². The summed E-state index contributed by atoms with van der Waals surface area (Å²) in [5.41, 5.74) is 0.629. The van der Waals surface area contributed by atoms with Gasteiger partial charge in [0.25, 0.3) is 0 Å². The van der Waals surface area contributed by atoms with E-state index in [1.165, 1.54) is 4.90 Å². The molecule has 0 bridgehead atoms. The molecule has 42 heavy (non-hydrogen) atoms. The van der Waals surface area contributed by atoms with Crippen molar-refractivity contribution >= 4 is 20.3 Å². The molecule has 2 saturated heterocycles. The summed E-state index contributed by atoms with van der Waals surface area (Å²) >= 11 is 0. The van der Waals surface area contributed by atoms with Gasteiger partial charge in [-0.25, -0.2) is 9.69 Å². The maximum Gasteiger partial charge on any atom is 0.417 e. The van der Waals surface area contributed by atoms with Gasteiger partial charge in [0.1, 0.15) is 6.61 Å². The van der Waals surface area contributed by atoms with E-state index < -0.39 is 25.4 Å². The van der Waals surface area contributed by atoms with E-state index in [4.69, 9.17) is 18.6 Å². The number of carbonyl (C=O) groups excluding carboxylic acids is 2. The third-order valence-electron chi connectivity index (χ3n) is 9.55. The summed E-state index contributed by atoms with van der Waals surface area (Å²) in [7, 11) is -1.99. The van der Waals surface area contributed by atoms with Gasteiger partial charge in [0.15, 0.2) is 8.32 Å². The van der Waals surface area contributed by atoms with Crippen LogP contribution in [0.15, 0.2) is 60.7 Å². The van der Waals surface area contributed by atoms with Gasteiger partial charge >= 0.3 is 6.09 Å². The minimum atomic E-state index is -1.99. The Bertz CT molecular complexity index is 1160. The lowest BCUT2D eigenvalue weighted by Gasteiger charge is -2.42. The average Bonchev–Trinajstić information content (AvgIpc) is 3.59. The van der Waals surface area contributed by atoms with Crippen molar-refractivity contribution in [1.29, 1.82) is 0 Å². The first-order chi connectivity index (χ1) is 20.1. The van der Waals surface area contributed by atoms with E-state index in [1.54, 1.807) is 0 Å². The number of ether oxygens (including phenoxy) is 3. The number of carbonyl (C=O) groups is 2. The molecule has 8 heteroatoms. The van der Waals surface area contributed by atoms with E-state index in [1.807, 2.05) is 62.4 Å². The van der Waals surface area contributed by atoms with Crippen molar-refractivity contribution in [3.05, 3.63) is 71.8 Å². The van der Waals surface area contributed by atoms with E-state index >= 15 is 0 Å². The summed E-state index contributed by atoms with van der Waals surface area (Å²) in [6, 6.07) is 22.8. The molecule has 7 nitrogen and oxygen atoms in total. The van der Waals surface area contributed by atoms with Crippen molar-refractivity contribution in [2.75, 3.05) is 13.2 Å². The van der Waals surface area contributed by atoms with Gasteiger partial charge in [-0.3, -0.25) is 4.79 Å². The number of benzene rings is 2. The lowest BCUT2D eigenvalue weighted by atomic mass is 9.82. The fraction of sp³-hybridized carbons (Fsp3) is 0.588. The maximum absolute atomic E-state index is 14.0. The van der Waals surface area contributed by atoms with E-state index in [0.29, 0.717) is 26.1 Å². The zero-order chi connectivity index (χ0) is 30.4. The standard InChI is InChI=1S/C34H49NO6Si/c1-7-42(8-2,9-3)41-30(25-38-23-27-18-14-11-15-19-27)34(6)21-20-29(40-34)33(4,5)31(36)35-28(24-39-32(35)37)22-26-16-12-10-13-17-26/h10-19,28-30H,7-9,20-25H2,1-6H3/t28-,29-,30-,34+/m1/s1. The lowest BCUT2D eigenvalue weighted by Crippen LogP contribution is -2.54. The van der Waals surface area contributed by atoms with Crippen molar-refractivity contribution in [2.24, 2.45) is 5.41 Å². The quantitative estimate of drug-likeness (QED) is 0.216. The minimum absolute atomic E-state index is 0.200. The summed E-state index contributed by atoms with van der Waals surface area (Å²) < 4.78 is 25.5. The Balaban J connectivity index is 1.50. The number of imide groups is 1. The Hall–Kier alpha value is -2.52. The highest BCUT2D eigenvalue weighted by Gasteiger charge is 2.54. The van der Waals surface area contributed by atoms with Crippen LogP contribution in [-0.2, 0) is 36.5 Å². The minimum Gasteiger partial charge on any atom is -0.447 e. The molecule has 4 atom stereocenters. The Morgan fingerprint density at radius 2 is 1.62 bits per heavy atom. The van der Waals surface area contributed by atoms with Gasteiger partial charge in [-0.1, -0.05) is 81.4 Å². The van der Waals surface area contributed by atoms with Crippen LogP contribution in [0.2, 0.25) is 18.1 Å². The second-order valence-electron chi connectivity index (χ2n) is 12.6. The van der Waals surface area contributed by atoms with Crippen molar-refractivity contribution < 1.29 is 28.2 Å². The van der Waals surface area contributed by atoms with Crippen LogP contribution in [0.25, 0.3) is 0 Å². The molecular formula is C34H49NO6Si. The van der Waals surface area contributed by atoms with Crippen LogP contribution in [0, 0.1) is 5.41 Å². The third-order valence-corrected chi connectivity index (χ3v) is 14.2. The number of hydrogen-bond acceptors (Lipinski definition) is 6. The van der Waals surface area contributed by atoms with Gasteiger partial charge in [0.2, 0.25) is 5.91 Å². The fourth-order valence-electron chi connectivity index (χ4n) is 6.29. The Morgan fingerprint density at radius 1 is 1.02 bits per heavy atom. The predicted molar refractivity (Wildman–Crippen MR) is 167 cm³/mol. The summed E-state index contributed by atoms with van der Waals surface area (Å²) in [6.07, 6.45) is 0.791. The monoisotopic (exact) mass is 595 g/mol. The van der Waals surface area contributed by atoms with Crippen molar-refractivity contribution in [3.63, 3.8) is 0 Å². The van der Waals surface area contributed by atoms with Crippen LogP contribution < -0.4 is 0 Å². The second kappa shape index (κ2) is 13.8.